The summed E-state index contributed by atoms with van der Waals surface area (Å²) in [6, 6.07) is 16.5. The van der Waals surface area contributed by atoms with Crippen molar-refractivity contribution in [2.24, 2.45) is 0 Å². The van der Waals surface area contributed by atoms with Gasteiger partial charge in [-0.2, -0.15) is 0 Å². The maximum absolute atomic E-state index is 9.64. The van der Waals surface area contributed by atoms with Gasteiger partial charge < -0.3 is 9.32 Å². The Kier molecular flexibility index (Phi) is 4.16. The van der Waals surface area contributed by atoms with E-state index in [1.807, 2.05) is 48.5 Å². The topological polar surface area (TPSA) is 16.4 Å². The summed E-state index contributed by atoms with van der Waals surface area (Å²) in [5.74, 6) is 0. The Balaban J connectivity index is 1.34. The van der Waals surface area contributed by atoms with Crippen LogP contribution in [0.15, 0.2) is 204 Å². The molecule has 1 heterocycles. The second-order valence-corrected chi connectivity index (χ2v) is 12.0. The van der Waals surface area contributed by atoms with Crippen LogP contribution >= 0.6 is 0 Å². The molecular formula is C50H33NO. The Morgan fingerprint density at radius 2 is 1.02 bits per heavy atom. The lowest BCUT2D eigenvalue weighted by molar-refractivity contribution is 0.672. The van der Waals surface area contributed by atoms with E-state index in [4.69, 9.17) is 14.0 Å². The molecule has 244 valence electrons. The van der Waals surface area contributed by atoms with Gasteiger partial charge in [-0.15, -0.1) is 0 Å². The Labute approximate surface area is 326 Å². The molecule has 0 bridgehead atoms. The molecule has 0 unspecified atom stereocenters. The van der Waals surface area contributed by atoms with Crippen molar-refractivity contribution in [3.05, 3.63) is 200 Å². The first kappa shape index (κ1) is 17.4. The van der Waals surface area contributed by atoms with E-state index in [1.54, 1.807) is 48.5 Å². The predicted octanol–water partition coefficient (Wildman–Crippen LogP) is 14.4. The van der Waals surface area contributed by atoms with Crippen molar-refractivity contribution in [1.29, 1.82) is 0 Å². The first-order chi connectivity index (χ1) is 32.9. The third kappa shape index (κ3) is 5.21. The summed E-state index contributed by atoms with van der Waals surface area (Å²) in [4.78, 5) is 0.790. The number of furan rings is 1. The zero-order valence-corrected chi connectivity index (χ0v) is 27.1. The summed E-state index contributed by atoms with van der Waals surface area (Å²) in [7, 11) is 0. The van der Waals surface area contributed by atoms with Crippen LogP contribution in [-0.2, 0) is 0 Å². The van der Waals surface area contributed by atoms with E-state index in [-0.39, 0.29) is 16.5 Å². The number of benzene rings is 9. The second-order valence-electron chi connectivity index (χ2n) is 12.0. The van der Waals surface area contributed by atoms with Gasteiger partial charge in [-0.3, -0.25) is 0 Å². The molecule has 0 saturated heterocycles. The lowest BCUT2D eigenvalue weighted by Crippen LogP contribution is -2.10. The van der Waals surface area contributed by atoms with Crippen molar-refractivity contribution in [2.45, 2.75) is 0 Å². The van der Waals surface area contributed by atoms with Crippen molar-refractivity contribution >= 4 is 60.5 Å². The molecule has 0 saturated carbocycles. The van der Waals surface area contributed by atoms with E-state index < -0.39 is 147 Å². The quantitative estimate of drug-likeness (QED) is 0.174. The molecule has 0 N–H and O–H groups in total. The molecule has 0 spiro atoms. The van der Waals surface area contributed by atoms with E-state index in [2.05, 4.69) is 0 Å². The Bertz CT molecular complexity index is 3810. The van der Waals surface area contributed by atoms with Crippen molar-refractivity contribution in [1.82, 2.24) is 0 Å². The summed E-state index contributed by atoms with van der Waals surface area (Å²) in [6.45, 7) is 0. The lowest BCUT2D eigenvalue weighted by atomic mass is 9.99. The van der Waals surface area contributed by atoms with Crippen LogP contribution in [0, 0.1) is 0 Å². The monoisotopic (exact) mass is 680 g/mol. The van der Waals surface area contributed by atoms with Crippen LogP contribution in [0.1, 0.15) is 23.3 Å². The Morgan fingerprint density at radius 3 is 1.77 bits per heavy atom. The molecule has 2 heteroatoms. The molecule has 0 aliphatic carbocycles. The standard InChI is InChI=1S/C50H33NO/c1-2-9-34(10-3-1)36-17-19-37(20-18-36)38-23-28-43(29-24-38)51(44-30-25-39(26-31-44)42-22-21-35-11-4-5-13-41(35)33-42)47-15-8-16-48-49(47)46-32-27-40-12-6-7-14-45(40)50(46)52-48/h1-33H/i6D,7D,8D,12D,14D,15D,16D,23D,24D,25D,26D,27D,28D,29D,30D,31D,32D. The number of hydrogen-bond acceptors (Lipinski definition) is 2. The highest BCUT2D eigenvalue weighted by atomic mass is 16.3. The molecule has 2 nitrogen and oxygen atoms in total. The molecule has 0 aliphatic rings. The first-order valence-corrected chi connectivity index (χ1v) is 16.4. The first-order valence-electron chi connectivity index (χ1n) is 24.9. The number of fused-ring (bicyclic) bond motifs is 6. The molecule has 0 radical (unpaired) electrons. The highest BCUT2D eigenvalue weighted by molar-refractivity contribution is 6.19. The molecule has 0 fully saturated rings. The van der Waals surface area contributed by atoms with Gasteiger partial charge >= 0.3 is 0 Å². The molecule has 10 aromatic rings. The van der Waals surface area contributed by atoms with Gasteiger partial charge in [-0.1, -0.05) is 151 Å². The van der Waals surface area contributed by atoms with Crippen molar-refractivity contribution < 1.29 is 27.7 Å². The third-order valence-corrected chi connectivity index (χ3v) is 8.94. The normalized spacial score (nSPS) is 16.0. The molecule has 0 atom stereocenters. The van der Waals surface area contributed by atoms with E-state index in [9.17, 15) is 13.7 Å². The minimum Gasteiger partial charge on any atom is -0.455 e. The zero-order chi connectivity index (χ0) is 49.2. The van der Waals surface area contributed by atoms with Gasteiger partial charge in [0, 0.05) is 22.1 Å². The van der Waals surface area contributed by atoms with Crippen LogP contribution in [0.2, 0.25) is 0 Å². The zero-order valence-electron chi connectivity index (χ0n) is 44.1. The minimum atomic E-state index is -0.871. The second kappa shape index (κ2) is 12.5. The lowest BCUT2D eigenvalue weighted by Gasteiger charge is -2.26. The van der Waals surface area contributed by atoms with Crippen LogP contribution in [-0.4, -0.2) is 0 Å². The fourth-order valence-corrected chi connectivity index (χ4v) is 6.38. The van der Waals surface area contributed by atoms with Gasteiger partial charge in [0.15, 0.2) is 0 Å². The molecular weight excluding hydrogens is 631 g/mol. The summed E-state index contributed by atoms with van der Waals surface area (Å²) >= 11 is 0. The van der Waals surface area contributed by atoms with Crippen LogP contribution in [0.4, 0.5) is 17.1 Å². The van der Waals surface area contributed by atoms with Crippen LogP contribution < -0.4 is 4.90 Å². The average Bonchev–Trinajstić information content (AvgIpc) is 3.75. The van der Waals surface area contributed by atoms with Gasteiger partial charge in [0.05, 0.1) is 34.4 Å². The van der Waals surface area contributed by atoms with E-state index in [1.165, 1.54) is 0 Å². The predicted molar refractivity (Wildman–Crippen MR) is 220 cm³/mol. The van der Waals surface area contributed by atoms with E-state index in [0.717, 1.165) is 26.8 Å². The molecule has 0 amide bonds. The fraction of sp³-hybridized carbons (Fsp3) is 0. The fourth-order valence-electron chi connectivity index (χ4n) is 6.38. The SMILES string of the molecule is [2H]c1c([2H])c(N(c2c([2H])c([2H])c(-c3ccc4ccccc4c3)c([2H])c2[2H])c2c([2H])c([2H])c([2H])c3oc4c5c([2H])c([2H])c([2H])c([2H])c5c([2H])c([2H])c4c23)c([2H])c([2H])c1-c1ccc(-c2ccccc2)cc1. The van der Waals surface area contributed by atoms with E-state index in [0.29, 0.717) is 11.1 Å². The van der Waals surface area contributed by atoms with Gasteiger partial charge in [0.2, 0.25) is 0 Å². The Hall–Kier alpha value is -6.90. The van der Waals surface area contributed by atoms with Crippen LogP contribution in [0.25, 0.3) is 76.9 Å². The van der Waals surface area contributed by atoms with Crippen molar-refractivity contribution in [3.8, 4) is 33.4 Å². The van der Waals surface area contributed by atoms with Gasteiger partial charge in [0.1, 0.15) is 11.2 Å². The summed E-state index contributed by atoms with van der Waals surface area (Å²) in [6.07, 6.45) is 0. The van der Waals surface area contributed by atoms with E-state index >= 15 is 0 Å². The number of hydrogen-bond donors (Lipinski definition) is 0. The van der Waals surface area contributed by atoms with Crippen LogP contribution in [0.3, 0.4) is 0 Å². The van der Waals surface area contributed by atoms with Gasteiger partial charge in [-0.05, 0) is 97.9 Å². The van der Waals surface area contributed by atoms with Crippen LogP contribution in [0.5, 0.6) is 0 Å². The smallest absolute Gasteiger partial charge is 0.143 e. The average molecular weight is 681 g/mol. The minimum absolute atomic E-state index is 0.131. The molecule has 52 heavy (non-hydrogen) atoms. The molecule has 10 rings (SSSR count). The summed E-state index contributed by atoms with van der Waals surface area (Å²) in [5.41, 5.74) is -0.989. The summed E-state index contributed by atoms with van der Waals surface area (Å²) in [5, 5.41) is -0.0105. The molecule has 1 aromatic heterocycles. The van der Waals surface area contributed by atoms with Crippen molar-refractivity contribution in [2.75, 3.05) is 4.90 Å². The highest BCUT2D eigenvalue weighted by Gasteiger charge is 2.20. The Morgan fingerprint density at radius 1 is 0.404 bits per heavy atom. The summed E-state index contributed by atoms with van der Waals surface area (Å²) < 4.78 is 163. The van der Waals surface area contributed by atoms with Gasteiger partial charge in [0.25, 0.3) is 0 Å². The maximum Gasteiger partial charge on any atom is 0.143 e. The number of nitrogens with zero attached hydrogens (tertiary/aromatic N) is 1. The largest absolute Gasteiger partial charge is 0.455 e. The molecule has 0 aliphatic heterocycles. The highest BCUT2D eigenvalue weighted by Crippen LogP contribution is 2.45. The number of anilines is 3. The number of rotatable bonds is 6. The molecule has 9 aromatic carbocycles. The van der Waals surface area contributed by atoms with Gasteiger partial charge in [-0.25, -0.2) is 0 Å². The maximum atomic E-state index is 9.64. The van der Waals surface area contributed by atoms with Crippen molar-refractivity contribution in [3.63, 3.8) is 0 Å². The third-order valence-electron chi connectivity index (χ3n) is 8.94.